The number of aliphatic imine (C=N–C) groups is 1. The number of hydrogen-bond donors (Lipinski definition) is 0. The van der Waals surface area contributed by atoms with Crippen LogP contribution in [0, 0.1) is 0 Å². The molecule has 7 heteroatoms. The molecule has 0 aliphatic carbocycles. The second-order valence-electron chi connectivity index (χ2n) is 14.0. The van der Waals surface area contributed by atoms with Gasteiger partial charge in [0.1, 0.15) is 6.54 Å². The van der Waals surface area contributed by atoms with E-state index in [4.69, 9.17) is 0 Å². The van der Waals surface area contributed by atoms with Gasteiger partial charge in [0, 0.05) is 0 Å². The molecule has 284 valence electrons. The van der Waals surface area contributed by atoms with E-state index in [9.17, 15) is 8.42 Å². The van der Waals surface area contributed by atoms with Crippen LogP contribution in [0.1, 0.15) is 194 Å². The summed E-state index contributed by atoms with van der Waals surface area (Å²) in [5.41, 5.74) is 0. The van der Waals surface area contributed by atoms with Gasteiger partial charge < -0.3 is 0 Å². The Morgan fingerprint density at radius 2 is 0.833 bits per heavy atom. The van der Waals surface area contributed by atoms with Crippen LogP contribution in [0.15, 0.2) is 29.3 Å². The summed E-state index contributed by atoms with van der Waals surface area (Å²) in [5, 5.41) is 0. The third-order valence-electron chi connectivity index (χ3n) is 9.64. The second kappa shape index (κ2) is 35.8. The van der Waals surface area contributed by atoms with Gasteiger partial charge in [-0.25, -0.2) is 4.99 Å². The lowest BCUT2D eigenvalue weighted by Gasteiger charge is -2.30. The van der Waals surface area contributed by atoms with Crippen molar-refractivity contribution in [2.75, 3.05) is 40.4 Å². The summed E-state index contributed by atoms with van der Waals surface area (Å²) in [6.45, 7) is 9.57. The molecule has 0 N–H and O–H groups in total. The van der Waals surface area contributed by atoms with E-state index in [-0.39, 0.29) is 0 Å². The van der Waals surface area contributed by atoms with Crippen LogP contribution in [0.2, 0.25) is 0 Å². The molecule has 0 radical (unpaired) electrons. The molecule has 0 spiro atoms. The number of hydrogen-bond acceptors (Lipinski definition) is 5. The molecular formula is C41H81N2O4S+. The zero-order valence-corrected chi connectivity index (χ0v) is 33.3. The highest BCUT2D eigenvalue weighted by atomic mass is 32.3. The first kappa shape index (κ1) is 47.0. The maximum atomic E-state index is 9.92. The molecule has 0 amide bonds. The van der Waals surface area contributed by atoms with Crippen LogP contribution in [0.3, 0.4) is 0 Å². The Balaban J connectivity index is 0.00000282. The predicted molar refractivity (Wildman–Crippen MR) is 210 cm³/mol. The lowest BCUT2D eigenvalue weighted by atomic mass is 10.1. The average Bonchev–Trinajstić information content (AvgIpc) is 3.57. The number of allylic oxidation sites excluding steroid dienone is 4. The third-order valence-corrected chi connectivity index (χ3v) is 10.5. The Kier molecular flexibility index (Phi) is 35.0. The monoisotopic (exact) mass is 698 g/mol. The number of nitrogens with zero attached hydrogens (tertiary/aromatic N) is 2. The van der Waals surface area contributed by atoms with Crippen LogP contribution in [0.25, 0.3) is 0 Å². The van der Waals surface area contributed by atoms with Crippen LogP contribution in [-0.2, 0) is 18.8 Å². The van der Waals surface area contributed by atoms with E-state index in [2.05, 4.69) is 57.8 Å². The lowest BCUT2D eigenvalue weighted by Crippen LogP contribution is -2.46. The Hall–Kier alpha value is -1.02. The molecule has 1 rings (SSSR count). The fourth-order valence-electron chi connectivity index (χ4n) is 6.41. The molecule has 0 unspecified atom stereocenters. The third kappa shape index (κ3) is 32.2. The Morgan fingerprint density at radius 3 is 1.10 bits per heavy atom. The van der Waals surface area contributed by atoms with Gasteiger partial charge in [0.2, 0.25) is 0 Å². The van der Waals surface area contributed by atoms with Crippen molar-refractivity contribution in [3.63, 3.8) is 0 Å². The topological polar surface area (TPSA) is 65.0 Å². The van der Waals surface area contributed by atoms with Gasteiger partial charge >= 0.3 is 10.4 Å². The highest BCUT2D eigenvalue weighted by Crippen LogP contribution is 2.17. The van der Waals surface area contributed by atoms with Crippen molar-refractivity contribution < 1.29 is 21.3 Å². The maximum Gasteiger partial charge on any atom is 0.399 e. The van der Waals surface area contributed by atoms with Crippen LogP contribution < -0.4 is 0 Å². The van der Waals surface area contributed by atoms with Gasteiger partial charge in [-0.3, -0.25) is 12.8 Å². The quantitative estimate of drug-likeness (QED) is 0.0381. The SMILES string of the molecule is CCCCCCCC/C=C\CCCCCCCC[N+]1(CCCCCCCC/C=C\CCCCCCCC)C=NCC1.COS(=O)(=O)OC. The highest BCUT2D eigenvalue weighted by molar-refractivity contribution is 7.81. The van der Waals surface area contributed by atoms with E-state index in [0.29, 0.717) is 0 Å². The molecule has 0 atom stereocenters. The molecule has 0 fully saturated rings. The van der Waals surface area contributed by atoms with Gasteiger partial charge in [0.05, 0.1) is 33.9 Å². The maximum absolute atomic E-state index is 9.92. The number of quaternary nitrogens is 1. The summed E-state index contributed by atoms with van der Waals surface area (Å²) in [6, 6.07) is 0. The standard InChI is InChI=1S/C39H75N2.C2H6O4S/c1-3-5-7-9-11-13-15-17-19-21-23-25-27-29-31-33-36-41(38-35-40-39-41)37-34-32-30-28-26-24-22-20-18-16-14-12-10-8-6-4-2;1-5-7(3,4)6-2/h17-20,39H,3-16,21-38H2,1-2H3;1-2H3/q+1;/b19-17-,20-18-;. The molecule has 0 aromatic heterocycles. The molecule has 1 heterocycles. The van der Waals surface area contributed by atoms with Crippen molar-refractivity contribution in [3.05, 3.63) is 24.3 Å². The van der Waals surface area contributed by atoms with Crippen LogP contribution in [-0.4, -0.2) is 59.6 Å². The molecule has 1 aliphatic rings. The molecule has 0 saturated heterocycles. The van der Waals surface area contributed by atoms with Crippen molar-refractivity contribution in [2.45, 2.75) is 194 Å². The normalized spacial score (nSPS) is 14.3. The Labute approximate surface area is 300 Å². The van der Waals surface area contributed by atoms with Crippen LogP contribution in [0.5, 0.6) is 0 Å². The predicted octanol–water partition coefficient (Wildman–Crippen LogP) is 12.4. The minimum atomic E-state index is -3.66. The van der Waals surface area contributed by atoms with E-state index in [1.165, 1.54) is 204 Å². The van der Waals surface area contributed by atoms with Crippen molar-refractivity contribution in [1.82, 2.24) is 0 Å². The van der Waals surface area contributed by atoms with E-state index < -0.39 is 10.4 Å². The summed E-state index contributed by atoms with van der Waals surface area (Å²) in [4.78, 5) is 4.66. The summed E-state index contributed by atoms with van der Waals surface area (Å²) in [5.74, 6) is 0. The van der Waals surface area contributed by atoms with E-state index >= 15 is 0 Å². The molecule has 0 bridgehead atoms. The summed E-state index contributed by atoms with van der Waals surface area (Å²) in [6.07, 6.45) is 51.1. The average molecular weight is 698 g/mol. The van der Waals surface area contributed by atoms with Crippen molar-refractivity contribution in [2.24, 2.45) is 4.99 Å². The van der Waals surface area contributed by atoms with Gasteiger partial charge in [-0.05, 0) is 77.0 Å². The fraction of sp³-hybridized carbons (Fsp3) is 0.878. The van der Waals surface area contributed by atoms with Crippen molar-refractivity contribution in [1.29, 1.82) is 0 Å². The van der Waals surface area contributed by atoms with Crippen molar-refractivity contribution in [3.8, 4) is 0 Å². The molecular weight excluding hydrogens is 617 g/mol. The lowest BCUT2D eigenvalue weighted by molar-refractivity contribution is -0.829. The van der Waals surface area contributed by atoms with Crippen LogP contribution >= 0.6 is 0 Å². The molecule has 0 saturated carbocycles. The van der Waals surface area contributed by atoms with E-state index in [1.807, 2.05) is 0 Å². The van der Waals surface area contributed by atoms with Gasteiger partial charge in [-0.15, -0.1) is 0 Å². The second-order valence-corrected chi connectivity index (χ2v) is 15.5. The minimum absolute atomic E-state index is 1.03. The number of unbranched alkanes of at least 4 members (excludes halogenated alkanes) is 24. The largest absolute Gasteiger partial charge is 0.399 e. The van der Waals surface area contributed by atoms with Crippen molar-refractivity contribution >= 4 is 16.7 Å². The zero-order valence-electron chi connectivity index (χ0n) is 32.4. The van der Waals surface area contributed by atoms with E-state index in [1.54, 1.807) is 0 Å². The molecule has 0 aromatic rings. The molecule has 0 aromatic carbocycles. The summed E-state index contributed by atoms with van der Waals surface area (Å²) < 4.78 is 28.7. The first-order valence-electron chi connectivity index (χ1n) is 20.5. The Morgan fingerprint density at radius 1 is 0.521 bits per heavy atom. The van der Waals surface area contributed by atoms with Gasteiger partial charge in [0.15, 0.2) is 6.34 Å². The highest BCUT2D eigenvalue weighted by Gasteiger charge is 2.28. The van der Waals surface area contributed by atoms with Crippen LogP contribution in [0.4, 0.5) is 0 Å². The summed E-state index contributed by atoms with van der Waals surface area (Å²) in [7, 11) is -1.60. The van der Waals surface area contributed by atoms with Gasteiger partial charge in [0.25, 0.3) is 0 Å². The van der Waals surface area contributed by atoms with Gasteiger partial charge in [-0.1, -0.05) is 141 Å². The first-order chi connectivity index (χ1) is 23.4. The fourth-order valence-corrected chi connectivity index (χ4v) is 6.55. The number of rotatable bonds is 34. The smallest absolute Gasteiger partial charge is 0.280 e. The first-order valence-corrected chi connectivity index (χ1v) is 21.8. The molecule has 1 aliphatic heterocycles. The molecule has 48 heavy (non-hydrogen) atoms. The molecule has 6 nitrogen and oxygen atoms in total. The Bertz CT molecular complexity index is 805. The minimum Gasteiger partial charge on any atom is -0.280 e. The zero-order chi connectivity index (χ0) is 35.3. The van der Waals surface area contributed by atoms with E-state index in [0.717, 1.165) is 20.8 Å². The summed E-state index contributed by atoms with van der Waals surface area (Å²) >= 11 is 0. The van der Waals surface area contributed by atoms with Gasteiger partial charge in [-0.2, -0.15) is 8.42 Å².